The fourth-order valence-corrected chi connectivity index (χ4v) is 6.87. The zero-order valence-electron chi connectivity index (χ0n) is 18.5. The summed E-state index contributed by atoms with van der Waals surface area (Å²) in [5, 5.41) is 0. The Morgan fingerprint density at radius 1 is 1.03 bits per heavy atom. The van der Waals surface area contributed by atoms with Gasteiger partial charge in [0, 0.05) is 0 Å². The summed E-state index contributed by atoms with van der Waals surface area (Å²) >= 11 is 0. The van der Waals surface area contributed by atoms with Gasteiger partial charge in [-0.1, -0.05) is 18.2 Å². The van der Waals surface area contributed by atoms with E-state index in [1.165, 1.54) is 43.1 Å². The van der Waals surface area contributed by atoms with Gasteiger partial charge < -0.3 is 13.9 Å². The number of carbonyl (C=O) groups excluding carboxylic acids is 2. The number of hydrogen-bond donors (Lipinski definition) is 0. The quantitative estimate of drug-likeness (QED) is 0.615. The zero-order chi connectivity index (χ0) is 21.8. The molecule has 5 heteroatoms. The minimum absolute atomic E-state index is 0.0452. The summed E-state index contributed by atoms with van der Waals surface area (Å²) in [6.07, 6.45) is 6.34. The molecule has 4 fully saturated rings. The first-order chi connectivity index (χ1) is 14.8. The van der Waals surface area contributed by atoms with E-state index in [0.29, 0.717) is 17.6 Å². The van der Waals surface area contributed by atoms with E-state index >= 15 is 0 Å². The Morgan fingerprint density at radius 2 is 1.77 bits per heavy atom. The van der Waals surface area contributed by atoms with Crippen LogP contribution in [0.25, 0.3) is 0 Å². The van der Waals surface area contributed by atoms with E-state index in [1.807, 2.05) is 0 Å². The van der Waals surface area contributed by atoms with Gasteiger partial charge in [0.25, 0.3) is 0 Å². The van der Waals surface area contributed by atoms with Crippen molar-refractivity contribution in [3.63, 3.8) is 0 Å². The molecule has 164 valence electrons. The van der Waals surface area contributed by atoms with Crippen molar-refractivity contribution in [2.24, 2.45) is 17.3 Å². The number of furan rings is 1. The number of aryl methyl sites for hydroxylation is 2. The molecule has 0 radical (unpaired) electrons. The Morgan fingerprint density at radius 3 is 2.45 bits per heavy atom. The molecule has 31 heavy (non-hydrogen) atoms. The normalized spacial score (nSPS) is 30.9. The molecular formula is C26H30O5. The van der Waals surface area contributed by atoms with Gasteiger partial charge in [0.2, 0.25) is 5.76 Å². The molecule has 0 N–H and O–H groups in total. The zero-order valence-corrected chi connectivity index (χ0v) is 18.5. The summed E-state index contributed by atoms with van der Waals surface area (Å²) in [6.45, 7) is 4.37. The molecular weight excluding hydrogens is 392 g/mol. The van der Waals surface area contributed by atoms with E-state index < -0.39 is 11.4 Å². The third kappa shape index (κ3) is 3.38. The average molecular weight is 423 g/mol. The minimum Gasteiger partial charge on any atom is -0.463 e. The van der Waals surface area contributed by atoms with E-state index in [2.05, 4.69) is 36.8 Å². The number of rotatable bonds is 5. The van der Waals surface area contributed by atoms with Crippen LogP contribution >= 0.6 is 0 Å². The maximum absolute atomic E-state index is 13.4. The molecule has 5 nitrogen and oxygen atoms in total. The van der Waals surface area contributed by atoms with E-state index in [4.69, 9.17) is 9.15 Å². The molecule has 1 heterocycles. The Hall–Kier alpha value is -2.56. The minimum atomic E-state index is -0.533. The second-order valence-electron chi connectivity index (χ2n) is 10.2. The van der Waals surface area contributed by atoms with Crippen LogP contribution < -0.4 is 0 Å². The van der Waals surface area contributed by atoms with Gasteiger partial charge in [0.05, 0.1) is 12.5 Å². The molecule has 4 aliphatic rings. The van der Waals surface area contributed by atoms with E-state index in [0.717, 1.165) is 19.3 Å². The van der Waals surface area contributed by atoms with Crippen LogP contribution in [-0.4, -0.2) is 19.0 Å². The second kappa shape index (κ2) is 7.25. The Labute approximate surface area is 183 Å². The molecule has 1 aromatic heterocycles. The van der Waals surface area contributed by atoms with Gasteiger partial charge in [-0.15, -0.1) is 0 Å². The average Bonchev–Trinajstić information content (AvgIpc) is 3.21. The van der Waals surface area contributed by atoms with Crippen molar-refractivity contribution >= 4 is 11.9 Å². The third-order valence-electron chi connectivity index (χ3n) is 8.01. The van der Waals surface area contributed by atoms with Gasteiger partial charge in [-0.05, 0) is 98.4 Å². The Balaban J connectivity index is 1.36. The van der Waals surface area contributed by atoms with Crippen LogP contribution in [0.5, 0.6) is 0 Å². The molecule has 4 bridgehead atoms. The molecule has 0 saturated heterocycles. The summed E-state index contributed by atoms with van der Waals surface area (Å²) in [4.78, 5) is 25.0. The first-order valence-electron chi connectivity index (χ1n) is 11.2. The van der Waals surface area contributed by atoms with Crippen molar-refractivity contribution in [2.75, 3.05) is 7.11 Å². The summed E-state index contributed by atoms with van der Waals surface area (Å²) in [6, 6.07) is 10.1. The molecule has 6 rings (SSSR count). The van der Waals surface area contributed by atoms with Crippen molar-refractivity contribution in [2.45, 2.75) is 64.4 Å². The van der Waals surface area contributed by atoms with Gasteiger partial charge >= 0.3 is 11.9 Å². The van der Waals surface area contributed by atoms with Crippen molar-refractivity contribution in [3.05, 3.63) is 58.5 Å². The van der Waals surface area contributed by atoms with Crippen LogP contribution in [0.15, 0.2) is 34.7 Å². The van der Waals surface area contributed by atoms with Crippen molar-refractivity contribution < 1.29 is 23.5 Å². The van der Waals surface area contributed by atoms with Gasteiger partial charge in [-0.3, -0.25) is 4.79 Å². The fraction of sp³-hybridized carbons (Fsp3) is 0.538. The first kappa shape index (κ1) is 20.3. The monoisotopic (exact) mass is 422 g/mol. The predicted octanol–water partition coefficient (Wildman–Crippen LogP) is 5.26. The van der Waals surface area contributed by atoms with Crippen LogP contribution in [0.2, 0.25) is 0 Å². The van der Waals surface area contributed by atoms with E-state index in [1.54, 1.807) is 12.1 Å². The Kier molecular flexibility index (Phi) is 4.76. The molecule has 4 aliphatic carbocycles. The fourth-order valence-electron chi connectivity index (χ4n) is 6.87. The maximum Gasteiger partial charge on any atom is 0.373 e. The molecule has 4 saturated carbocycles. The van der Waals surface area contributed by atoms with Crippen molar-refractivity contribution in [1.82, 2.24) is 0 Å². The largest absolute Gasteiger partial charge is 0.463 e. The first-order valence-corrected chi connectivity index (χ1v) is 11.2. The molecule has 0 spiro atoms. The molecule has 2 unspecified atom stereocenters. The van der Waals surface area contributed by atoms with Crippen molar-refractivity contribution in [3.8, 4) is 0 Å². The van der Waals surface area contributed by atoms with Gasteiger partial charge in [0.15, 0.2) is 0 Å². The van der Waals surface area contributed by atoms with Gasteiger partial charge in [-0.25, -0.2) is 4.79 Å². The van der Waals surface area contributed by atoms with Gasteiger partial charge in [0.1, 0.15) is 12.4 Å². The van der Waals surface area contributed by atoms with E-state index in [9.17, 15) is 9.59 Å². The number of hydrogen-bond acceptors (Lipinski definition) is 5. The number of benzene rings is 1. The summed E-state index contributed by atoms with van der Waals surface area (Å²) in [5.74, 6) is 1.12. The standard InChI is InChI=1S/C26H30O5/c1-16-4-5-20(8-17(16)2)25-10-18-9-19(11-25)13-26(12-18,15-25)24(28)30-14-21-6-7-22(31-21)23(27)29-3/h4-8,18-19H,9-15H2,1-3H3. The van der Waals surface area contributed by atoms with E-state index in [-0.39, 0.29) is 23.8 Å². The van der Waals surface area contributed by atoms with Crippen LogP contribution in [0, 0.1) is 31.1 Å². The lowest BCUT2D eigenvalue weighted by Gasteiger charge is -2.61. The number of carbonyl (C=O) groups is 2. The second-order valence-corrected chi connectivity index (χ2v) is 10.2. The molecule has 0 amide bonds. The summed E-state index contributed by atoms with van der Waals surface area (Å²) < 4.78 is 15.9. The summed E-state index contributed by atoms with van der Waals surface area (Å²) in [5.41, 5.74) is 3.72. The number of esters is 2. The lowest BCUT2D eigenvalue weighted by Crippen LogP contribution is -2.57. The smallest absolute Gasteiger partial charge is 0.373 e. The van der Waals surface area contributed by atoms with Gasteiger partial charge in [-0.2, -0.15) is 0 Å². The van der Waals surface area contributed by atoms with Crippen LogP contribution in [0.4, 0.5) is 0 Å². The highest BCUT2D eigenvalue weighted by molar-refractivity contribution is 5.86. The van der Waals surface area contributed by atoms with Crippen LogP contribution in [-0.2, 0) is 26.3 Å². The Bertz CT molecular complexity index is 1020. The molecule has 2 atom stereocenters. The molecule has 1 aromatic carbocycles. The summed E-state index contributed by atoms with van der Waals surface area (Å²) in [7, 11) is 1.31. The topological polar surface area (TPSA) is 65.7 Å². The van der Waals surface area contributed by atoms with Crippen LogP contribution in [0.3, 0.4) is 0 Å². The number of ether oxygens (including phenoxy) is 2. The highest BCUT2D eigenvalue weighted by Gasteiger charge is 2.61. The SMILES string of the molecule is COC(=O)c1ccc(COC(=O)C23CC4CC(C2)CC(c2ccc(C)c(C)c2)(C4)C3)o1. The van der Waals surface area contributed by atoms with Crippen LogP contribution in [0.1, 0.15) is 71.5 Å². The lowest BCUT2D eigenvalue weighted by molar-refractivity contribution is -0.176. The highest BCUT2D eigenvalue weighted by atomic mass is 16.6. The maximum atomic E-state index is 13.4. The lowest BCUT2D eigenvalue weighted by atomic mass is 9.43. The molecule has 0 aliphatic heterocycles. The molecule has 2 aromatic rings. The third-order valence-corrected chi connectivity index (χ3v) is 8.01. The predicted molar refractivity (Wildman–Crippen MR) is 115 cm³/mol. The number of methoxy groups -OCH3 is 1. The highest BCUT2D eigenvalue weighted by Crippen LogP contribution is 2.66. The van der Waals surface area contributed by atoms with Crippen molar-refractivity contribution in [1.29, 1.82) is 0 Å².